The van der Waals surface area contributed by atoms with Crippen molar-refractivity contribution in [3.05, 3.63) is 46.1 Å². The van der Waals surface area contributed by atoms with E-state index in [1.807, 2.05) is 24.3 Å². The van der Waals surface area contributed by atoms with Crippen molar-refractivity contribution < 1.29 is 14.6 Å². The molecule has 1 saturated heterocycles. The second-order valence-corrected chi connectivity index (χ2v) is 8.71. The zero-order chi connectivity index (χ0) is 21.1. The average molecular weight is 429 g/mol. The summed E-state index contributed by atoms with van der Waals surface area (Å²) < 4.78 is 10.6. The first kappa shape index (κ1) is 21.0. The number of hydrogen-bond acceptors (Lipinski definition) is 8. The van der Waals surface area contributed by atoms with Crippen molar-refractivity contribution in [3.8, 4) is 5.75 Å². The number of methoxy groups -OCH3 is 1. The number of aromatic nitrogens is 2. The summed E-state index contributed by atoms with van der Waals surface area (Å²) in [4.78, 5) is 14.2. The molecule has 0 radical (unpaired) electrons. The molecule has 1 atom stereocenters. The normalized spacial score (nSPS) is 16.0. The van der Waals surface area contributed by atoms with Crippen molar-refractivity contribution in [3.63, 3.8) is 0 Å². The molecule has 160 valence electrons. The molecule has 0 aliphatic carbocycles. The van der Waals surface area contributed by atoms with Gasteiger partial charge in [-0.15, -0.1) is 11.3 Å². The molecule has 0 spiro atoms. The molecule has 2 aromatic heterocycles. The average Bonchev–Trinajstić information content (AvgIpc) is 3.06. The molecule has 1 aliphatic heterocycles. The van der Waals surface area contributed by atoms with Crippen molar-refractivity contribution in [2.75, 3.05) is 45.3 Å². The van der Waals surface area contributed by atoms with Gasteiger partial charge < -0.3 is 19.9 Å². The van der Waals surface area contributed by atoms with Gasteiger partial charge in [0.1, 0.15) is 22.2 Å². The molecule has 4 rings (SSSR count). The number of benzene rings is 1. The van der Waals surface area contributed by atoms with E-state index in [-0.39, 0.29) is 0 Å². The van der Waals surface area contributed by atoms with Crippen LogP contribution in [0, 0.1) is 13.8 Å². The van der Waals surface area contributed by atoms with Crippen molar-refractivity contribution in [2.45, 2.75) is 26.5 Å². The third-order valence-electron chi connectivity index (χ3n) is 5.51. The van der Waals surface area contributed by atoms with Crippen LogP contribution in [-0.2, 0) is 11.3 Å². The van der Waals surface area contributed by atoms with Crippen molar-refractivity contribution in [1.82, 2.24) is 14.9 Å². The molecule has 1 aromatic carbocycles. The zero-order valence-corrected chi connectivity index (χ0v) is 18.5. The third-order valence-corrected chi connectivity index (χ3v) is 6.61. The summed E-state index contributed by atoms with van der Waals surface area (Å²) in [6.45, 7) is 8.56. The van der Waals surface area contributed by atoms with Gasteiger partial charge in [0.05, 0.1) is 38.4 Å². The maximum absolute atomic E-state index is 10.7. The highest BCUT2D eigenvalue weighted by atomic mass is 32.1. The SMILES string of the molecule is COc1ccc(C(O)CNc2nc(CN3CCOCC3)nc3sc(C)c(C)c23)cc1. The van der Waals surface area contributed by atoms with E-state index in [2.05, 4.69) is 24.1 Å². The minimum absolute atomic E-state index is 0.365. The number of aliphatic hydroxyl groups is 1. The van der Waals surface area contributed by atoms with Gasteiger partial charge in [-0.1, -0.05) is 12.1 Å². The molecule has 3 heterocycles. The fraction of sp³-hybridized carbons (Fsp3) is 0.455. The Morgan fingerprint density at radius 3 is 2.63 bits per heavy atom. The van der Waals surface area contributed by atoms with Crippen molar-refractivity contribution in [1.29, 1.82) is 0 Å². The number of nitrogens with zero attached hydrogens (tertiary/aromatic N) is 3. The molecular weight excluding hydrogens is 400 g/mol. The minimum Gasteiger partial charge on any atom is -0.497 e. The lowest BCUT2D eigenvalue weighted by Gasteiger charge is -2.26. The molecule has 0 amide bonds. The number of nitrogens with one attached hydrogen (secondary N) is 1. The Morgan fingerprint density at radius 1 is 1.20 bits per heavy atom. The number of aryl methyl sites for hydroxylation is 2. The molecule has 7 nitrogen and oxygen atoms in total. The fourth-order valence-corrected chi connectivity index (χ4v) is 4.64. The van der Waals surface area contributed by atoms with Crippen LogP contribution < -0.4 is 10.1 Å². The third kappa shape index (κ3) is 4.57. The Hall–Kier alpha value is -2.26. The Labute approximate surface area is 180 Å². The number of thiophene rings is 1. The summed E-state index contributed by atoms with van der Waals surface area (Å²) in [5.74, 6) is 2.36. The van der Waals surface area contributed by atoms with E-state index in [9.17, 15) is 5.11 Å². The van der Waals surface area contributed by atoms with Crippen LogP contribution in [0.1, 0.15) is 27.9 Å². The summed E-state index contributed by atoms with van der Waals surface area (Å²) in [6, 6.07) is 7.47. The van der Waals surface area contributed by atoms with Crippen LogP contribution in [0.4, 0.5) is 5.82 Å². The van der Waals surface area contributed by atoms with Gasteiger partial charge in [0, 0.05) is 24.5 Å². The first-order chi connectivity index (χ1) is 14.5. The number of ether oxygens (including phenoxy) is 2. The second kappa shape index (κ2) is 9.26. The van der Waals surface area contributed by atoms with Crippen LogP contribution in [0.15, 0.2) is 24.3 Å². The first-order valence-corrected chi connectivity index (χ1v) is 11.0. The van der Waals surface area contributed by atoms with Gasteiger partial charge in [-0.05, 0) is 37.1 Å². The van der Waals surface area contributed by atoms with Crippen LogP contribution >= 0.6 is 11.3 Å². The molecule has 2 N–H and O–H groups in total. The Morgan fingerprint density at radius 2 is 1.93 bits per heavy atom. The standard InChI is InChI=1S/C22H28N4O3S/c1-14-15(2)30-22-20(14)21(24-19(25-22)13-26-8-10-29-11-9-26)23-12-18(27)16-4-6-17(28-3)7-5-16/h4-7,18,27H,8-13H2,1-3H3,(H,23,24,25). The molecule has 3 aromatic rings. The molecule has 1 fully saturated rings. The first-order valence-electron chi connectivity index (χ1n) is 10.2. The number of anilines is 1. The predicted octanol–water partition coefficient (Wildman–Crippen LogP) is 3.29. The summed E-state index contributed by atoms with van der Waals surface area (Å²) in [7, 11) is 1.63. The summed E-state index contributed by atoms with van der Waals surface area (Å²) in [5.41, 5.74) is 2.02. The highest BCUT2D eigenvalue weighted by molar-refractivity contribution is 7.18. The quantitative estimate of drug-likeness (QED) is 0.598. The number of aliphatic hydroxyl groups excluding tert-OH is 1. The largest absolute Gasteiger partial charge is 0.497 e. The Balaban J connectivity index is 1.55. The molecule has 30 heavy (non-hydrogen) atoms. The van der Waals surface area contributed by atoms with E-state index < -0.39 is 6.10 Å². The predicted molar refractivity (Wildman–Crippen MR) is 119 cm³/mol. The zero-order valence-electron chi connectivity index (χ0n) is 17.6. The number of morpholine rings is 1. The van der Waals surface area contributed by atoms with E-state index in [1.54, 1.807) is 18.4 Å². The monoisotopic (exact) mass is 428 g/mol. The molecule has 8 heteroatoms. The molecule has 1 aliphatic rings. The molecule has 0 bridgehead atoms. The molecule has 0 saturated carbocycles. The lowest BCUT2D eigenvalue weighted by Crippen LogP contribution is -2.36. The van der Waals surface area contributed by atoms with Gasteiger partial charge in [-0.2, -0.15) is 0 Å². The van der Waals surface area contributed by atoms with E-state index in [0.29, 0.717) is 13.1 Å². The highest BCUT2D eigenvalue weighted by Crippen LogP contribution is 2.33. The maximum atomic E-state index is 10.7. The van der Waals surface area contributed by atoms with E-state index >= 15 is 0 Å². The minimum atomic E-state index is -0.649. The summed E-state index contributed by atoms with van der Waals surface area (Å²) in [5, 5.41) is 15.1. The van der Waals surface area contributed by atoms with Crippen LogP contribution in [-0.4, -0.2) is 59.9 Å². The van der Waals surface area contributed by atoms with Crippen molar-refractivity contribution in [2.24, 2.45) is 0 Å². The van der Waals surface area contributed by atoms with Crippen LogP contribution in [0.25, 0.3) is 10.2 Å². The van der Waals surface area contributed by atoms with Gasteiger partial charge in [0.2, 0.25) is 0 Å². The maximum Gasteiger partial charge on any atom is 0.146 e. The van der Waals surface area contributed by atoms with Gasteiger partial charge in [0.15, 0.2) is 0 Å². The van der Waals surface area contributed by atoms with Crippen LogP contribution in [0.3, 0.4) is 0 Å². The highest BCUT2D eigenvalue weighted by Gasteiger charge is 2.18. The van der Waals surface area contributed by atoms with Gasteiger partial charge in [-0.25, -0.2) is 9.97 Å². The summed E-state index contributed by atoms with van der Waals surface area (Å²) >= 11 is 1.69. The molecular formula is C22H28N4O3S. The number of rotatable bonds is 7. The lowest BCUT2D eigenvalue weighted by atomic mass is 10.1. The fourth-order valence-electron chi connectivity index (χ4n) is 3.59. The molecule has 1 unspecified atom stereocenters. The number of hydrogen-bond donors (Lipinski definition) is 2. The van der Waals surface area contributed by atoms with Gasteiger partial charge in [0.25, 0.3) is 0 Å². The smallest absolute Gasteiger partial charge is 0.146 e. The Kier molecular flexibility index (Phi) is 6.48. The lowest BCUT2D eigenvalue weighted by molar-refractivity contribution is 0.0331. The van der Waals surface area contributed by atoms with E-state index in [1.165, 1.54) is 10.4 Å². The van der Waals surface area contributed by atoms with Gasteiger partial charge >= 0.3 is 0 Å². The topological polar surface area (TPSA) is 79.7 Å². The van der Waals surface area contributed by atoms with Gasteiger partial charge in [-0.3, -0.25) is 4.90 Å². The Bertz CT molecular complexity index is 1000. The van der Waals surface area contributed by atoms with E-state index in [4.69, 9.17) is 19.4 Å². The van der Waals surface area contributed by atoms with Crippen LogP contribution in [0.5, 0.6) is 5.75 Å². The van der Waals surface area contributed by atoms with Crippen LogP contribution in [0.2, 0.25) is 0 Å². The van der Waals surface area contributed by atoms with Crippen molar-refractivity contribution >= 4 is 27.4 Å². The number of fused-ring (bicyclic) bond motifs is 1. The summed E-state index contributed by atoms with van der Waals surface area (Å²) in [6.07, 6.45) is -0.649. The second-order valence-electron chi connectivity index (χ2n) is 7.51. The van der Waals surface area contributed by atoms with E-state index in [0.717, 1.165) is 59.5 Å².